The van der Waals surface area contributed by atoms with E-state index in [1.165, 1.54) is 33.4 Å². The van der Waals surface area contributed by atoms with E-state index < -0.39 is 6.04 Å². The van der Waals surface area contributed by atoms with Crippen LogP contribution in [0.1, 0.15) is 65.1 Å². The number of hydrogen-bond donors (Lipinski definition) is 0. The number of hydrogen-bond acceptors (Lipinski definition) is 2. The van der Waals surface area contributed by atoms with Gasteiger partial charge in [0.25, 0.3) is 0 Å². The Labute approximate surface area is 434 Å². The summed E-state index contributed by atoms with van der Waals surface area (Å²) in [5, 5.41) is 1.64. The molecule has 3 heterocycles. The Morgan fingerprint density at radius 2 is 1.31 bits per heavy atom. The van der Waals surface area contributed by atoms with E-state index in [0.717, 1.165) is 60.9 Å². The smallest absolute Gasteiger partial charge is 0.0617 e. The molecule has 0 amide bonds. The van der Waals surface area contributed by atoms with Crippen molar-refractivity contribution in [3.63, 3.8) is 0 Å². The standard InChI is InChI=1S/C65H54N4O.Pt/c1-64(2,3)48-33-34-66-61(39-48)69-57-32-29-46(43-19-10-7-11-20-43)36-56(57)53-31-30-52(41-60(53)69)70-51-26-18-25-50(40-51)67-42-68(59-28-17-16-27-58(59)67)63-55(44-21-12-8-13-22-44)37-47-35-49(65(4,5)6)38-54(47)62(63)45-23-14-9-15-24-45;/h7-34,36-37,39,49H,35,38H2,1-6H3;/q-2;/i7D,10D,11D,19D,20D;. The zero-order chi connectivity index (χ0) is 52.9. The summed E-state index contributed by atoms with van der Waals surface area (Å²) >= 11 is 2.50. The van der Waals surface area contributed by atoms with Crippen LogP contribution in [0, 0.1) is 27.3 Å². The summed E-state index contributed by atoms with van der Waals surface area (Å²) in [6.07, 6.45) is 3.86. The van der Waals surface area contributed by atoms with Gasteiger partial charge in [0, 0.05) is 6.20 Å². The maximum atomic E-state index is 8.77. The van der Waals surface area contributed by atoms with Crippen molar-refractivity contribution in [2.45, 2.75) is 59.8 Å². The van der Waals surface area contributed by atoms with Crippen LogP contribution in [-0.2, 0) is 37.6 Å². The molecule has 0 bridgehead atoms. The number of nitrogens with zero attached hydrogens (tertiary/aromatic N) is 4. The van der Waals surface area contributed by atoms with E-state index in [0.29, 0.717) is 34.3 Å². The SMILES string of the molecule is [2H]c1c([2H])c([2H])c(-c2ccc3c(c2)c2ccc(Oc4[c-]c(-n5[c](=[Pt])n(-c6c(-c7ccccc7)cc7c(c6-c6ccccc6)CC(C(C)(C)C)C7)c6ccccc65)ccc4)[c-]c2n3-c2cc(C(C)(C)C)ccn2)c([2H])c1[2H]. The van der Waals surface area contributed by atoms with Gasteiger partial charge in [0.05, 0.1) is 6.85 Å². The number of fused-ring (bicyclic) bond motifs is 5. The number of imidazole rings is 1. The number of ether oxygens (including phenoxy) is 1. The van der Waals surface area contributed by atoms with E-state index in [9.17, 15) is 0 Å². The molecule has 0 saturated carbocycles. The number of benzene rings is 8. The van der Waals surface area contributed by atoms with Gasteiger partial charge in [-0.15, -0.1) is 0 Å². The van der Waals surface area contributed by atoms with Crippen molar-refractivity contribution in [2.24, 2.45) is 11.3 Å². The molecule has 0 spiro atoms. The molecule has 6 heteroatoms. The quantitative estimate of drug-likeness (QED) is 0.142. The van der Waals surface area contributed by atoms with Crippen molar-refractivity contribution >= 4 is 32.8 Å². The minimum absolute atomic E-state index is 0.141. The van der Waals surface area contributed by atoms with E-state index in [1.54, 1.807) is 0 Å². The molecule has 8 aromatic carbocycles. The van der Waals surface area contributed by atoms with E-state index in [2.05, 4.69) is 190 Å². The Kier molecular flexibility index (Phi) is 9.72. The molecule has 1 aliphatic carbocycles. The molecule has 11 aromatic rings. The van der Waals surface area contributed by atoms with Crippen molar-refractivity contribution in [3.8, 4) is 62.1 Å². The average molecular weight is 1110 g/mol. The minimum atomic E-state index is -0.426. The van der Waals surface area contributed by atoms with Gasteiger partial charge in [-0.1, -0.05) is 57.0 Å². The summed E-state index contributed by atoms with van der Waals surface area (Å²) in [6.45, 7) is 13.6. The van der Waals surface area contributed by atoms with Crippen LogP contribution in [0.15, 0.2) is 188 Å². The van der Waals surface area contributed by atoms with Gasteiger partial charge < -0.3 is 0 Å². The van der Waals surface area contributed by atoms with Gasteiger partial charge in [-0.3, -0.25) is 0 Å². The number of rotatable bonds is 8. The fourth-order valence-corrected chi connectivity index (χ4v) is 11.5. The molecule has 0 saturated heterocycles. The van der Waals surface area contributed by atoms with Crippen LogP contribution in [0.4, 0.5) is 0 Å². The topological polar surface area (TPSA) is 36.9 Å². The average Bonchev–Trinajstić information content (AvgIpc) is 4.14. The Hall–Kier alpha value is -7.33. The van der Waals surface area contributed by atoms with Crippen LogP contribution in [0.3, 0.4) is 0 Å². The Morgan fingerprint density at radius 3 is 2.04 bits per heavy atom. The van der Waals surface area contributed by atoms with Crippen molar-refractivity contribution in [1.82, 2.24) is 18.7 Å². The molecule has 0 fully saturated rings. The van der Waals surface area contributed by atoms with Crippen LogP contribution in [0.2, 0.25) is 0 Å². The second-order valence-corrected chi connectivity index (χ2v) is 21.7. The van der Waals surface area contributed by atoms with Crippen molar-refractivity contribution in [3.05, 3.63) is 221 Å². The summed E-state index contributed by atoms with van der Waals surface area (Å²) in [6, 6.07) is 58.0. The van der Waals surface area contributed by atoms with Crippen LogP contribution < -0.4 is 4.74 Å². The van der Waals surface area contributed by atoms with Gasteiger partial charge in [-0.25, -0.2) is 0 Å². The molecule has 0 radical (unpaired) electrons. The van der Waals surface area contributed by atoms with Crippen LogP contribution >= 0.6 is 0 Å². The second kappa shape index (κ2) is 17.5. The molecular weight excluding hydrogens is 1050 g/mol. The third-order valence-corrected chi connectivity index (χ3v) is 15.2. The Morgan fingerprint density at radius 1 is 0.606 bits per heavy atom. The molecule has 0 N–H and O–H groups in total. The summed E-state index contributed by atoms with van der Waals surface area (Å²) in [5.74, 6) is 2.17. The van der Waals surface area contributed by atoms with Crippen LogP contribution in [0.25, 0.3) is 83.4 Å². The van der Waals surface area contributed by atoms with E-state index in [1.807, 2.05) is 54.7 Å². The molecule has 12 rings (SSSR count). The molecule has 5 nitrogen and oxygen atoms in total. The molecule has 3 aromatic heterocycles. The monoisotopic (exact) mass is 1110 g/mol. The summed E-state index contributed by atoms with van der Waals surface area (Å²) in [7, 11) is 0. The first-order valence-electron chi connectivity index (χ1n) is 26.7. The van der Waals surface area contributed by atoms with Crippen molar-refractivity contribution < 1.29 is 30.9 Å². The Bertz CT molecular complexity index is 4170. The summed E-state index contributed by atoms with van der Waals surface area (Å²) < 4.78 is 57.1. The minimum Gasteiger partial charge on any atom is -0.0617 e. The van der Waals surface area contributed by atoms with Gasteiger partial charge in [-0.05, 0) is 28.2 Å². The molecule has 71 heavy (non-hydrogen) atoms. The van der Waals surface area contributed by atoms with Crippen molar-refractivity contribution in [2.75, 3.05) is 0 Å². The first-order chi connectivity index (χ1) is 36.5. The zero-order valence-electron chi connectivity index (χ0n) is 45.5. The van der Waals surface area contributed by atoms with E-state index in [-0.39, 0.29) is 40.6 Å². The molecule has 1 atom stereocenters. The van der Waals surface area contributed by atoms with Crippen molar-refractivity contribution in [1.29, 1.82) is 0 Å². The number of aromatic nitrogens is 4. The van der Waals surface area contributed by atoms with E-state index >= 15 is 0 Å². The second-order valence-electron chi connectivity index (χ2n) is 20.7. The van der Waals surface area contributed by atoms with Gasteiger partial charge in [0.2, 0.25) is 0 Å². The Balaban J connectivity index is 1.01. The van der Waals surface area contributed by atoms with Crippen LogP contribution in [-0.4, -0.2) is 18.7 Å². The molecule has 1 unspecified atom stereocenters. The predicted molar refractivity (Wildman–Crippen MR) is 288 cm³/mol. The molecule has 352 valence electrons. The zero-order valence-corrected chi connectivity index (χ0v) is 42.8. The van der Waals surface area contributed by atoms with Gasteiger partial charge in [-0.2, -0.15) is 0 Å². The van der Waals surface area contributed by atoms with E-state index in [4.69, 9.17) is 16.6 Å². The van der Waals surface area contributed by atoms with Gasteiger partial charge in [0.1, 0.15) is 0 Å². The summed E-state index contributed by atoms with van der Waals surface area (Å²) in [4.78, 5) is 4.89. The normalized spacial score (nSPS) is 14.9. The van der Waals surface area contributed by atoms with Gasteiger partial charge >= 0.3 is 338 Å². The molecular formula is C65H54N4OPt-2. The molecule has 1 aliphatic rings. The van der Waals surface area contributed by atoms with Gasteiger partial charge in [0.15, 0.2) is 0 Å². The first-order valence-corrected chi connectivity index (χ1v) is 25.3. The third-order valence-electron chi connectivity index (χ3n) is 14.2. The van der Waals surface area contributed by atoms with Crippen LogP contribution in [0.5, 0.6) is 11.5 Å². The fraction of sp³-hybridized carbons (Fsp3) is 0.169. The maximum absolute atomic E-state index is 8.77. The number of para-hydroxylation sites is 2. The first kappa shape index (κ1) is 39.4. The fourth-order valence-electron chi connectivity index (χ4n) is 10.4. The molecule has 0 aliphatic heterocycles. The summed E-state index contributed by atoms with van der Waals surface area (Å²) in [5.41, 5.74) is 15.0. The predicted octanol–water partition coefficient (Wildman–Crippen LogP) is 16.4. The third kappa shape index (κ3) is 8.01. The number of pyridine rings is 1.